The maximum atomic E-state index is 12.4. The van der Waals surface area contributed by atoms with Crippen LogP contribution in [0.3, 0.4) is 0 Å². The van der Waals surface area contributed by atoms with Crippen LogP contribution in [0.5, 0.6) is 17.4 Å². The van der Waals surface area contributed by atoms with Crippen molar-refractivity contribution in [2.24, 2.45) is 0 Å². The van der Waals surface area contributed by atoms with E-state index in [4.69, 9.17) is 18.9 Å². The number of anilines is 1. The minimum atomic E-state index is -0.972. The molecular formula is C24H26N4O7. The minimum Gasteiger partial charge on any atom is -0.486 e. The first kappa shape index (κ1) is 23.1. The average molecular weight is 482 g/mol. The van der Waals surface area contributed by atoms with Crippen LogP contribution >= 0.6 is 0 Å². The van der Waals surface area contributed by atoms with Crippen molar-refractivity contribution < 1.29 is 34.0 Å². The first-order chi connectivity index (χ1) is 17.0. The first-order valence-corrected chi connectivity index (χ1v) is 11.3. The van der Waals surface area contributed by atoms with E-state index in [1.165, 1.54) is 18.2 Å². The molecule has 0 bridgehead atoms. The van der Waals surface area contributed by atoms with Crippen LogP contribution in [0.2, 0.25) is 0 Å². The molecule has 3 atom stereocenters. The van der Waals surface area contributed by atoms with Gasteiger partial charge in [0.1, 0.15) is 25.4 Å². The number of hydrogen-bond donors (Lipinski definition) is 3. The molecular weight excluding hydrogens is 456 g/mol. The average Bonchev–Trinajstić information content (AvgIpc) is 3.29. The van der Waals surface area contributed by atoms with Gasteiger partial charge in [0, 0.05) is 24.7 Å². The Labute approximate surface area is 201 Å². The van der Waals surface area contributed by atoms with Gasteiger partial charge in [0.05, 0.1) is 42.7 Å². The summed E-state index contributed by atoms with van der Waals surface area (Å²) >= 11 is 0. The number of aliphatic hydroxyl groups excluding tert-OH is 2. The molecule has 11 heteroatoms. The van der Waals surface area contributed by atoms with Gasteiger partial charge >= 0.3 is 6.09 Å². The Hall–Kier alpha value is -3.67. The van der Waals surface area contributed by atoms with Gasteiger partial charge in [0.25, 0.3) is 0 Å². The number of cyclic esters (lactones) is 1. The van der Waals surface area contributed by atoms with Crippen LogP contribution in [0.1, 0.15) is 11.7 Å². The number of hydrogen-bond acceptors (Lipinski definition) is 10. The number of ether oxygens (including phenoxy) is 4. The predicted octanol–water partition coefficient (Wildman–Crippen LogP) is 1.42. The number of rotatable bonds is 8. The molecule has 3 N–H and O–H groups in total. The number of methoxy groups -OCH3 is 1. The molecule has 3 aromatic rings. The number of nitrogens with zero attached hydrogens (tertiary/aromatic N) is 3. The first-order valence-electron chi connectivity index (χ1n) is 11.3. The summed E-state index contributed by atoms with van der Waals surface area (Å²) in [5.41, 5.74) is 2.37. The third kappa shape index (κ3) is 4.78. The Balaban J connectivity index is 1.18. The lowest BCUT2D eigenvalue weighted by molar-refractivity contribution is 0.0312. The summed E-state index contributed by atoms with van der Waals surface area (Å²) in [7, 11) is 1.50. The molecule has 1 amide bonds. The lowest BCUT2D eigenvalue weighted by atomic mass is 10.1. The molecule has 1 aromatic heterocycles. The van der Waals surface area contributed by atoms with E-state index in [2.05, 4.69) is 15.3 Å². The molecule has 184 valence electrons. The minimum absolute atomic E-state index is 0.115. The van der Waals surface area contributed by atoms with Crippen LogP contribution in [0.4, 0.5) is 10.5 Å². The van der Waals surface area contributed by atoms with E-state index in [1.807, 2.05) is 0 Å². The molecule has 1 fully saturated rings. The van der Waals surface area contributed by atoms with Gasteiger partial charge in [-0.2, -0.15) is 0 Å². The highest BCUT2D eigenvalue weighted by atomic mass is 16.6. The summed E-state index contributed by atoms with van der Waals surface area (Å²) < 4.78 is 21.6. The highest BCUT2D eigenvalue weighted by Crippen LogP contribution is 2.35. The number of amides is 1. The molecule has 11 nitrogen and oxygen atoms in total. The molecule has 0 aliphatic carbocycles. The Morgan fingerprint density at radius 3 is 2.83 bits per heavy atom. The zero-order valence-electron chi connectivity index (χ0n) is 19.1. The van der Waals surface area contributed by atoms with Gasteiger partial charge < -0.3 is 34.5 Å². The fraction of sp³-hybridized carbons (Fsp3) is 0.375. The second-order valence-electron chi connectivity index (χ2n) is 8.23. The second kappa shape index (κ2) is 9.90. The highest BCUT2D eigenvalue weighted by Gasteiger charge is 2.37. The maximum Gasteiger partial charge on any atom is 0.414 e. The van der Waals surface area contributed by atoms with Gasteiger partial charge in [-0.25, -0.2) is 14.8 Å². The van der Waals surface area contributed by atoms with E-state index in [0.29, 0.717) is 52.9 Å². The molecule has 3 heterocycles. The monoisotopic (exact) mass is 482 g/mol. The van der Waals surface area contributed by atoms with E-state index >= 15 is 0 Å². The van der Waals surface area contributed by atoms with Crippen molar-refractivity contribution in [3.63, 3.8) is 0 Å². The zero-order valence-corrected chi connectivity index (χ0v) is 19.1. The standard InChI is InChI=1S/C24H26N4O7/c1-32-22-12-26-16-4-2-3-15(23(16)27-22)17(29)10-25-11-18(30)21-13-28(24(31)35-21)14-5-6-19-20(9-14)34-8-7-33-19/h2-6,9,12,17-18,21,25,29-30H,7-8,10-11,13H2,1H3/t17-,18+,21+/m1/s1. The summed E-state index contributed by atoms with van der Waals surface area (Å²) in [5, 5.41) is 24.4. The van der Waals surface area contributed by atoms with E-state index in [0.717, 1.165) is 0 Å². The van der Waals surface area contributed by atoms with Gasteiger partial charge in [-0.15, -0.1) is 0 Å². The number of carbonyl (C=O) groups excluding carboxylic acids is 1. The van der Waals surface area contributed by atoms with Crippen molar-refractivity contribution in [2.75, 3.05) is 44.9 Å². The normalized spacial score (nSPS) is 18.9. The fourth-order valence-electron chi connectivity index (χ4n) is 4.11. The number of benzene rings is 2. The third-order valence-electron chi connectivity index (χ3n) is 5.94. The molecule has 0 radical (unpaired) electrons. The van der Waals surface area contributed by atoms with Crippen molar-refractivity contribution in [1.82, 2.24) is 15.3 Å². The number of carbonyl (C=O) groups is 1. The largest absolute Gasteiger partial charge is 0.486 e. The Kier molecular flexibility index (Phi) is 6.53. The van der Waals surface area contributed by atoms with E-state index < -0.39 is 24.4 Å². The molecule has 0 unspecified atom stereocenters. The lowest BCUT2D eigenvalue weighted by Gasteiger charge is -2.21. The van der Waals surface area contributed by atoms with Gasteiger partial charge in [-0.3, -0.25) is 4.90 Å². The molecule has 0 spiro atoms. The SMILES string of the molecule is COc1cnc2cccc([C@H](O)CNC[C@H](O)[C@@H]3CN(c4ccc5c(c4)OCCO5)C(=O)O3)c2n1. The van der Waals surface area contributed by atoms with Crippen LogP contribution in [-0.2, 0) is 4.74 Å². The van der Waals surface area contributed by atoms with E-state index in [9.17, 15) is 15.0 Å². The summed E-state index contributed by atoms with van der Waals surface area (Å²) in [6.07, 6.45) is -1.62. The molecule has 1 saturated heterocycles. The summed E-state index contributed by atoms with van der Waals surface area (Å²) in [6.45, 7) is 1.38. The lowest BCUT2D eigenvalue weighted by Crippen LogP contribution is -2.40. The van der Waals surface area contributed by atoms with Crippen LogP contribution < -0.4 is 24.4 Å². The van der Waals surface area contributed by atoms with Crippen LogP contribution in [-0.4, -0.2) is 78.4 Å². The van der Waals surface area contributed by atoms with Gasteiger partial charge in [-0.05, 0) is 18.2 Å². The second-order valence-corrected chi connectivity index (χ2v) is 8.23. The van der Waals surface area contributed by atoms with Gasteiger partial charge in [-0.1, -0.05) is 12.1 Å². The molecule has 2 aliphatic heterocycles. The van der Waals surface area contributed by atoms with Crippen molar-refractivity contribution in [3.05, 3.63) is 48.2 Å². The predicted molar refractivity (Wildman–Crippen MR) is 125 cm³/mol. The fourth-order valence-corrected chi connectivity index (χ4v) is 4.11. The van der Waals surface area contributed by atoms with Crippen LogP contribution in [0.15, 0.2) is 42.6 Å². The molecule has 0 saturated carbocycles. The summed E-state index contributed by atoms with van der Waals surface area (Å²) in [4.78, 5) is 22.6. The number of aromatic nitrogens is 2. The molecule has 2 aliphatic rings. The highest BCUT2D eigenvalue weighted by molar-refractivity contribution is 5.90. The zero-order chi connectivity index (χ0) is 24.4. The smallest absolute Gasteiger partial charge is 0.414 e. The van der Waals surface area contributed by atoms with E-state index in [-0.39, 0.29) is 19.6 Å². The van der Waals surface area contributed by atoms with Crippen LogP contribution in [0.25, 0.3) is 11.0 Å². The molecule has 35 heavy (non-hydrogen) atoms. The number of nitrogens with one attached hydrogen (secondary N) is 1. The van der Waals surface area contributed by atoms with E-state index in [1.54, 1.807) is 36.4 Å². The van der Waals surface area contributed by atoms with Gasteiger partial charge in [0.2, 0.25) is 5.88 Å². The number of aliphatic hydroxyl groups is 2. The van der Waals surface area contributed by atoms with Crippen molar-refractivity contribution in [3.8, 4) is 17.4 Å². The summed E-state index contributed by atoms with van der Waals surface area (Å²) in [6, 6.07) is 10.6. The Bertz CT molecular complexity index is 1220. The third-order valence-corrected chi connectivity index (χ3v) is 5.94. The Morgan fingerprint density at radius 2 is 2.00 bits per heavy atom. The molecule has 2 aromatic carbocycles. The molecule has 5 rings (SSSR count). The van der Waals surface area contributed by atoms with Crippen molar-refractivity contribution in [2.45, 2.75) is 18.3 Å². The summed E-state index contributed by atoms with van der Waals surface area (Å²) in [5.74, 6) is 1.55. The number of fused-ring (bicyclic) bond motifs is 2. The maximum absolute atomic E-state index is 12.4. The quantitative estimate of drug-likeness (QED) is 0.432. The Morgan fingerprint density at radius 1 is 1.17 bits per heavy atom. The topological polar surface area (TPSA) is 136 Å². The van der Waals surface area contributed by atoms with Crippen molar-refractivity contribution >= 4 is 22.8 Å². The van der Waals surface area contributed by atoms with Gasteiger partial charge in [0.15, 0.2) is 11.5 Å². The van der Waals surface area contributed by atoms with Crippen LogP contribution in [0, 0.1) is 0 Å². The number of para-hydroxylation sites is 1. The van der Waals surface area contributed by atoms with Crippen molar-refractivity contribution in [1.29, 1.82) is 0 Å².